The van der Waals surface area contributed by atoms with E-state index in [2.05, 4.69) is 4.74 Å². The van der Waals surface area contributed by atoms with Gasteiger partial charge in [-0.2, -0.15) is 0 Å². The summed E-state index contributed by atoms with van der Waals surface area (Å²) in [6.45, 7) is 0. The minimum absolute atomic E-state index is 0.262. The summed E-state index contributed by atoms with van der Waals surface area (Å²) in [5, 5.41) is 0. The van der Waals surface area contributed by atoms with Crippen molar-refractivity contribution >= 4 is 23.2 Å². The van der Waals surface area contributed by atoms with Crippen LogP contribution in [0.2, 0.25) is 0 Å². The Morgan fingerprint density at radius 1 is 1.54 bits per heavy atom. The van der Waals surface area contributed by atoms with Crippen molar-refractivity contribution in [2.45, 2.75) is 0 Å². The first kappa shape index (κ1) is 9.73. The van der Waals surface area contributed by atoms with E-state index >= 15 is 0 Å². The molecular weight excluding hydrogens is 188 g/mol. The second-order valence-electron chi connectivity index (χ2n) is 2.52. The maximum absolute atomic E-state index is 11.1. The number of rotatable bonds is 2. The number of nitrogens with zero attached hydrogens (tertiary/aromatic N) is 1. The van der Waals surface area contributed by atoms with Gasteiger partial charge in [-0.1, -0.05) is 12.2 Å². The Morgan fingerprint density at radius 2 is 2.08 bits per heavy atom. The van der Waals surface area contributed by atoms with Gasteiger partial charge in [0.05, 0.1) is 12.8 Å². The summed E-state index contributed by atoms with van der Waals surface area (Å²) in [5.74, 6) is -0.398. The van der Waals surface area contributed by atoms with E-state index in [1.165, 1.54) is 7.11 Å². The van der Waals surface area contributed by atoms with Crippen LogP contribution in [0, 0.1) is 0 Å². The molecule has 0 saturated heterocycles. The van der Waals surface area contributed by atoms with Gasteiger partial charge in [0.15, 0.2) is 0 Å². The lowest BCUT2D eigenvalue weighted by Crippen LogP contribution is -2.16. The van der Waals surface area contributed by atoms with Crippen molar-refractivity contribution < 1.29 is 9.53 Å². The molecule has 1 rings (SSSR count). The smallest absolute Gasteiger partial charge is 0.354 e. The third-order valence-electron chi connectivity index (χ3n) is 1.77. The Morgan fingerprint density at radius 3 is 2.46 bits per heavy atom. The molecule has 70 valence electrons. The summed E-state index contributed by atoms with van der Waals surface area (Å²) in [6, 6.07) is 3.31. The average molecular weight is 198 g/mol. The fraction of sp³-hybridized carbons (Fsp3) is 0.250. The molecule has 13 heavy (non-hydrogen) atoms. The molecule has 0 saturated carbocycles. The Bertz CT molecular complexity index is 357. The summed E-state index contributed by atoms with van der Waals surface area (Å²) < 4.78 is 6.17. The molecule has 0 bridgehead atoms. The van der Waals surface area contributed by atoms with E-state index < -0.39 is 5.97 Å². The average Bonchev–Trinajstić information content (AvgIpc) is 2.46. The van der Waals surface area contributed by atoms with Crippen LogP contribution in [-0.4, -0.2) is 22.6 Å². The topological polar surface area (TPSA) is 57.2 Å². The maximum Gasteiger partial charge on any atom is 0.354 e. The Kier molecular flexibility index (Phi) is 2.67. The number of thiocarbonyl (C=S) groups is 1. The Hall–Kier alpha value is -1.36. The van der Waals surface area contributed by atoms with E-state index in [0.29, 0.717) is 11.4 Å². The highest BCUT2D eigenvalue weighted by Gasteiger charge is 2.13. The van der Waals surface area contributed by atoms with E-state index in [1.54, 1.807) is 23.7 Å². The van der Waals surface area contributed by atoms with Crippen LogP contribution in [0.5, 0.6) is 0 Å². The molecule has 1 aromatic rings. The lowest BCUT2D eigenvalue weighted by molar-refractivity contribution is 0.0590. The van der Waals surface area contributed by atoms with Crippen LogP contribution in [0.4, 0.5) is 0 Å². The van der Waals surface area contributed by atoms with Crippen LogP contribution in [0.25, 0.3) is 0 Å². The van der Waals surface area contributed by atoms with E-state index in [9.17, 15) is 4.79 Å². The fourth-order valence-corrected chi connectivity index (χ4v) is 1.27. The number of nitrogens with two attached hydrogens (primary N) is 1. The van der Waals surface area contributed by atoms with E-state index in [-0.39, 0.29) is 4.99 Å². The van der Waals surface area contributed by atoms with Crippen LogP contribution in [0.1, 0.15) is 16.2 Å². The Labute approximate surface area is 81.3 Å². The predicted octanol–water partition coefficient (Wildman–Crippen LogP) is 0.446. The van der Waals surface area contributed by atoms with Crippen LogP contribution in [0.15, 0.2) is 12.1 Å². The number of aromatic nitrogens is 1. The fourth-order valence-electron chi connectivity index (χ4n) is 1.07. The molecule has 0 aliphatic heterocycles. The predicted molar refractivity (Wildman–Crippen MR) is 52.6 cm³/mol. The van der Waals surface area contributed by atoms with E-state index in [0.717, 1.165) is 0 Å². The number of ether oxygens (including phenoxy) is 1. The van der Waals surface area contributed by atoms with Gasteiger partial charge in [0.2, 0.25) is 0 Å². The third-order valence-corrected chi connectivity index (χ3v) is 1.98. The normalized spacial score (nSPS) is 9.69. The molecule has 1 aromatic heterocycles. The number of hydrogen-bond donors (Lipinski definition) is 1. The van der Waals surface area contributed by atoms with E-state index in [4.69, 9.17) is 18.0 Å². The van der Waals surface area contributed by atoms with Gasteiger partial charge in [0, 0.05) is 7.05 Å². The minimum atomic E-state index is -0.398. The molecule has 0 radical (unpaired) electrons. The molecule has 0 aromatic carbocycles. The first-order valence-electron chi connectivity index (χ1n) is 3.61. The molecule has 0 aliphatic carbocycles. The van der Waals surface area contributed by atoms with Gasteiger partial charge in [0.25, 0.3) is 0 Å². The van der Waals surface area contributed by atoms with Crippen molar-refractivity contribution in [1.82, 2.24) is 4.57 Å². The molecule has 0 atom stereocenters. The molecule has 2 N–H and O–H groups in total. The summed E-state index contributed by atoms with van der Waals surface area (Å²) in [4.78, 5) is 11.4. The summed E-state index contributed by atoms with van der Waals surface area (Å²) in [6.07, 6.45) is 0. The first-order valence-corrected chi connectivity index (χ1v) is 4.02. The van der Waals surface area contributed by atoms with Crippen molar-refractivity contribution in [3.63, 3.8) is 0 Å². The van der Waals surface area contributed by atoms with Gasteiger partial charge in [-0.15, -0.1) is 0 Å². The van der Waals surface area contributed by atoms with Crippen LogP contribution < -0.4 is 5.73 Å². The van der Waals surface area contributed by atoms with Gasteiger partial charge < -0.3 is 15.0 Å². The van der Waals surface area contributed by atoms with Crippen LogP contribution in [0.3, 0.4) is 0 Å². The molecule has 0 unspecified atom stereocenters. The quantitative estimate of drug-likeness (QED) is 0.553. The molecule has 0 fully saturated rings. The second-order valence-corrected chi connectivity index (χ2v) is 2.96. The largest absolute Gasteiger partial charge is 0.464 e. The molecular formula is C8H10N2O2S. The van der Waals surface area contributed by atoms with Gasteiger partial charge in [-0.25, -0.2) is 4.79 Å². The van der Waals surface area contributed by atoms with Gasteiger partial charge in [-0.05, 0) is 12.1 Å². The molecule has 0 amide bonds. The highest BCUT2D eigenvalue weighted by atomic mass is 32.1. The number of carbonyl (C=O) groups is 1. The Balaban J connectivity index is 3.13. The molecule has 4 nitrogen and oxygen atoms in total. The van der Waals surface area contributed by atoms with E-state index in [1.807, 2.05) is 0 Å². The highest BCUT2D eigenvalue weighted by molar-refractivity contribution is 7.80. The summed E-state index contributed by atoms with van der Waals surface area (Å²) in [5.41, 5.74) is 6.51. The molecule has 0 aliphatic rings. The monoisotopic (exact) mass is 198 g/mol. The SMILES string of the molecule is COC(=O)c1ccc(C(N)=S)n1C. The number of methoxy groups -OCH3 is 1. The van der Waals surface area contributed by atoms with Crippen molar-refractivity contribution in [3.05, 3.63) is 23.5 Å². The molecule has 5 heteroatoms. The number of esters is 1. The van der Waals surface area contributed by atoms with Crippen molar-refractivity contribution in [2.75, 3.05) is 7.11 Å². The summed E-state index contributed by atoms with van der Waals surface area (Å²) in [7, 11) is 3.04. The second kappa shape index (κ2) is 3.57. The maximum atomic E-state index is 11.1. The zero-order chi connectivity index (χ0) is 10.0. The zero-order valence-corrected chi connectivity index (χ0v) is 8.22. The standard InChI is InChI=1S/C8H10N2O2S/c1-10-5(7(9)13)3-4-6(10)8(11)12-2/h3-4H,1-2H3,(H2,9,13). The van der Waals surface area contributed by atoms with Gasteiger partial charge in [0.1, 0.15) is 10.7 Å². The highest BCUT2D eigenvalue weighted by Crippen LogP contribution is 2.07. The van der Waals surface area contributed by atoms with Crippen molar-refractivity contribution in [2.24, 2.45) is 12.8 Å². The van der Waals surface area contributed by atoms with Gasteiger partial charge >= 0.3 is 5.97 Å². The van der Waals surface area contributed by atoms with Crippen LogP contribution >= 0.6 is 12.2 Å². The minimum Gasteiger partial charge on any atom is -0.464 e. The van der Waals surface area contributed by atoms with Crippen LogP contribution in [-0.2, 0) is 11.8 Å². The van der Waals surface area contributed by atoms with Crippen molar-refractivity contribution in [3.8, 4) is 0 Å². The molecule has 0 spiro atoms. The number of carbonyl (C=O) groups excluding carboxylic acids is 1. The third kappa shape index (κ3) is 1.70. The first-order chi connectivity index (χ1) is 6.07. The van der Waals surface area contributed by atoms with Crippen molar-refractivity contribution in [1.29, 1.82) is 0 Å². The lowest BCUT2D eigenvalue weighted by Gasteiger charge is -2.04. The number of hydrogen-bond acceptors (Lipinski definition) is 3. The summed E-state index contributed by atoms with van der Waals surface area (Å²) >= 11 is 4.79. The zero-order valence-electron chi connectivity index (χ0n) is 7.40. The molecule has 1 heterocycles. The van der Waals surface area contributed by atoms with Gasteiger partial charge in [-0.3, -0.25) is 0 Å². The lowest BCUT2D eigenvalue weighted by atomic mass is 10.4.